The highest BCUT2D eigenvalue weighted by Gasteiger charge is 2.41. The molecule has 1 aromatic heterocycles. The summed E-state index contributed by atoms with van der Waals surface area (Å²) in [4.78, 5) is 14.5. The number of nitrogens with zero attached hydrogens (tertiary/aromatic N) is 4. The first-order valence-corrected chi connectivity index (χ1v) is 8.99. The van der Waals surface area contributed by atoms with E-state index >= 15 is 0 Å². The average molecular weight is 346 g/mol. The van der Waals surface area contributed by atoms with Crippen LogP contribution in [0.5, 0.6) is 0 Å². The molecule has 0 amide bonds. The first-order valence-electron chi connectivity index (χ1n) is 8.99. The van der Waals surface area contributed by atoms with E-state index in [-0.39, 0.29) is 5.92 Å². The molecule has 0 atom stereocenters. The molecule has 1 fully saturated rings. The summed E-state index contributed by atoms with van der Waals surface area (Å²) in [5.74, 6) is 0.840. The van der Waals surface area contributed by atoms with E-state index in [4.69, 9.17) is 0 Å². The Hall–Kier alpha value is -2.79. The van der Waals surface area contributed by atoms with Gasteiger partial charge in [0.05, 0.1) is 0 Å². The predicted octanol–water partition coefficient (Wildman–Crippen LogP) is 3.02. The third kappa shape index (κ3) is 3.06. The Morgan fingerprint density at radius 1 is 0.808 bits per heavy atom. The predicted molar refractivity (Wildman–Crippen MR) is 101 cm³/mol. The fraction of sp³-hybridized carbons (Fsp3) is 0.286. The molecule has 1 saturated heterocycles. The van der Waals surface area contributed by atoms with Crippen LogP contribution in [0.4, 0.5) is 5.95 Å². The molecule has 0 radical (unpaired) electrons. The third-order valence-corrected chi connectivity index (χ3v) is 5.28. The van der Waals surface area contributed by atoms with Crippen LogP contribution in [0.25, 0.3) is 0 Å². The van der Waals surface area contributed by atoms with Gasteiger partial charge >= 0.3 is 0 Å². The number of aromatic nitrogens is 3. The van der Waals surface area contributed by atoms with Gasteiger partial charge in [-0.05, 0) is 29.9 Å². The molecule has 3 aromatic rings. The first kappa shape index (κ1) is 16.7. The second-order valence-electron chi connectivity index (χ2n) is 6.70. The Bertz CT molecular complexity index is 779. The van der Waals surface area contributed by atoms with Gasteiger partial charge < -0.3 is 10.0 Å². The van der Waals surface area contributed by atoms with Gasteiger partial charge in [0.2, 0.25) is 5.95 Å². The largest absolute Gasteiger partial charge is 0.380 e. The number of hydrogen-bond acceptors (Lipinski definition) is 5. The normalized spacial score (nSPS) is 15.8. The van der Waals surface area contributed by atoms with E-state index in [2.05, 4.69) is 19.9 Å². The van der Waals surface area contributed by atoms with E-state index in [1.54, 1.807) is 0 Å². The summed E-state index contributed by atoms with van der Waals surface area (Å²) < 4.78 is 0. The van der Waals surface area contributed by atoms with E-state index in [9.17, 15) is 5.11 Å². The van der Waals surface area contributed by atoms with Crippen LogP contribution in [0.15, 0.2) is 73.3 Å². The molecule has 2 aromatic carbocycles. The molecule has 1 aliphatic heterocycles. The smallest absolute Gasteiger partial charge is 0.228 e. The molecule has 0 unspecified atom stereocenters. The van der Waals surface area contributed by atoms with Crippen molar-refractivity contribution in [3.05, 3.63) is 84.4 Å². The number of aliphatic hydroxyl groups is 1. The Morgan fingerprint density at radius 2 is 1.31 bits per heavy atom. The lowest BCUT2D eigenvalue weighted by Gasteiger charge is -2.42. The van der Waals surface area contributed by atoms with E-state index in [1.165, 1.54) is 12.7 Å². The Kier molecular flexibility index (Phi) is 4.63. The lowest BCUT2D eigenvalue weighted by Crippen LogP contribution is -2.44. The summed E-state index contributed by atoms with van der Waals surface area (Å²) in [7, 11) is 0. The van der Waals surface area contributed by atoms with Gasteiger partial charge in [-0.15, -0.1) is 0 Å². The zero-order chi connectivity index (χ0) is 17.8. The highest BCUT2D eigenvalue weighted by molar-refractivity contribution is 5.38. The molecule has 2 heterocycles. The standard InChI is InChI=1S/C21H22N4O/c26-21(17-7-3-1-4-8-17,18-9-5-2-6-10-18)19-11-13-25(14-12-19)20-23-15-22-16-24-20/h1-10,15-16,19,26H,11-14H2. The monoisotopic (exact) mass is 346 g/mol. The van der Waals surface area contributed by atoms with Gasteiger partial charge in [-0.2, -0.15) is 0 Å². The van der Waals surface area contributed by atoms with Crippen LogP contribution in [-0.4, -0.2) is 33.1 Å². The fourth-order valence-electron chi connectivity index (χ4n) is 3.92. The Labute approximate surface area is 153 Å². The molecule has 0 bridgehead atoms. The van der Waals surface area contributed by atoms with Crippen LogP contribution in [0.2, 0.25) is 0 Å². The molecule has 26 heavy (non-hydrogen) atoms. The van der Waals surface area contributed by atoms with Crippen molar-refractivity contribution >= 4 is 5.95 Å². The van der Waals surface area contributed by atoms with E-state index in [0.29, 0.717) is 5.95 Å². The van der Waals surface area contributed by atoms with Crippen molar-refractivity contribution < 1.29 is 5.11 Å². The molecular formula is C21H22N4O. The molecule has 1 N–H and O–H groups in total. The van der Waals surface area contributed by atoms with E-state index < -0.39 is 5.60 Å². The van der Waals surface area contributed by atoms with E-state index in [1.807, 2.05) is 60.7 Å². The first-order chi connectivity index (χ1) is 12.8. The highest BCUT2D eigenvalue weighted by Crippen LogP contribution is 2.42. The maximum absolute atomic E-state index is 11.9. The van der Waals surface area contributed by atoms with Crippen molar-refractivity contribution in [3.8, 4) is 0 Å². The minimum absolute atomic E-state index is 0.130. The maximum atomic E-state index is 11.9. The summed E-state index contributed by atoms with van der Waals surface area (Å²) in [6, 6.07) is 20.0. The van der Waals surface area contributed by atoms with Crippen LogP contribution >= 0.6 is 0 Å². The topological polar surface area (TPSA) is 62.1 Å². The van der Waals surface area contributed by atoms with E-state index in [0.717, 1.165) is 37.1 Å². The van der Waals surface area contributed by atoms with Crippen LogP contribution in [0.1, 0.15) is 24.0 Å². The Balaban J connectivity index is 1.62. The number of rotatable bonds is 4. The zero-order valence-corrected chi connectivity index (χ0v) is 14.6. The summed E-state index contributed by atoms with van der Waals surface area (Å²) in [5, 5.41) is 11.9. The minimum Gasteiger partial charge on any atom is -0.380 e. The Morgan fingerprint density at radius 3 is 1.81 bits per heavy atom. The van der Waals surface area contributed by atoms with Crippen molar-refractivity contribution in [1.29, 1.82) is 0 Å². The number of hydrogen-bond donors (Lipinski definition) is 1. The van der Waals surface area contributed by atoms with Crippen molar-refractivity contribution in [2.45, 2.75) is 18.4 Å². The van der Waals surface area contributed by atoms with Gasteiger partial charge in [-0.25, -0.2) is 15.0 Å². The molecule has 0 spiro atoms. The number of anilines is 1. The minimum atomic E-state index is -0.992. The lowest BCUT2D eigenvalue weighted by atomic mass is 9.72. The number of piperidine rings is 1. The third-order valence-electron chi connectivity index (χ3n) is 5.28. The lowest BCUT2D eigenvalue weighted by molar-refractivity contribution is 0.00493. The summed E-state index contributed by atoms with van der Waals surface area (Å²) >= 11 is 0. The van der Waals surface area contributed by atoms with Gasteiger partial charge in [-0.3, -0.25) is 0 Å². The fourth-order valence-corrected chi connectivity index (χ4v) is 3.92. The van der Waals surface area contributed by atoms with Crippen LogP contribution < -0.4 is 4.90 Å². The second-order valence-corrected chi connectivity index (χ2v) is 6.70. The van der Waals surface area contributed by atoms with Crippen molar-refractivity contribution in [1.82, 2.24) is 15.0 Å². The highest BCUT2D eigenvalue weighted by atomic mass is 16.3. The quantitative estimate of drug-likeness (QED) is 0.787. The molecule has 132 valence electrons. The average Bonchev–Trinajstić information content (AvgIpc) is 2.75. The van der Waals surface area contributed by atoms with Crippen LogP contribution in [0.3, 0.4) is 0 Å². The molecule has 0 saturated carbocycles. The summed E-state index contributed by atoms with van der Waals surface area (Å²) in [5.41, 5.74) is 0.905. The molecule has 0 aliphatic carbocycles. The van der Waals surface area contributed by atoms with Crippen LogP contribution in [-0.2, 0) is 5.60 Å². The van der Waals surface area contributed by atoms with Gasteiger partial charge in [0, 0.05) is 13.1 Å². The van der Waals surface area contributed by atoms with Crippen molar-refractivity contribution in [3.63, 3.8) is 0 Å². The maximum Gasteiger partial charge on any atom is 0.228 e. The number of benzene rings is 2. The van der Waals surface area contributed by atoms with Crippen molar-refractivity contribution in [2.75, 3.05) is 18.0 Å². The van der Waals surface area contributed by atoms with Crippen LogP contribution in [0, 0.1) is 5.92 Å². The molecule has 5 nitrogen and oxygen atoms in total. The molecule has 4 rings (SSSR count). The molecule has 5 heteroatoms. The SMILES string of the molecule is OC(c1ccccc1)(c1ccccc1)C1CCN(c2ncncn2)CC1. The second kappa shape index (κ2) is 7.22. The molecule has 1 aliphatic rings. The summed E-state index contributed by atoms with van der Waals surface area (Å²) in [6.07, 6.45) is 4.79. The van der Waals surface area contributed by atoms with Gasteiger partial charge in [0.15, 0.2) is 0 Å². The van der Waals surface area contributed by atoms with Crippen molar-refractivity contribution in [2.24, 2.45) is 5.92 Å². The van der Waals surface area contributed by atoms with Gasteiger partial charge in [-0.1, -0.05) is 60.7 Å². The van der Waals surface area contributed by atoms with Gasteiger partial charge in [0.25, 0.3) is 0 Å². The van der Waals surface area contributed by atoms with Gasteiger partial charge in [0.1, 0.15) is 18.3 Å². The zero-order valence-electron chi connectivity index (χ0n) is 14.6. The summed E-state index contributed by atoms with van der Waals surface area (Å²) in [6.45, 7) is 1.63. The molecular weight excluding hydrogens is 324 g/mol.